The van der Waals surface area contributed by atoms with E-state index in [1.165, 1.54) is 0 Å². The molecule has 2 heterocycles. The molecule has 0 atom stereocenters. The number of carbonyl (C=O) groups excluding carboxylic acids is 1. The Morgan fingerprint density at radius 3 is 2.76 bits per heavy atom. The number of aryl methyl sites for hydroxylation is 3. The van der Waals surface area contributed by atoms with Crippen molar-refractivity contribution < 1.29 is 9.53 Å². The number of nitrogens with zero attached hydrogens (tertiary/aromatic N) is 4. The van der Waals surface area contributed by atoms with E-state index in [0.29, 0.717) is 11.3 Å². The Hall–Kier alpha value is -3.74. The van der Waals surface area contributed by atoms with E-state index in [1.54, 1.807) is 4.52 Å². The van der Waals surface area contributed by atoms with E-state index in [2.05, 4.69) is 20.6 Å². The Balaban J connectivity index is 1.47. The van der Waals surface area contributed by atoms with E-state index in [0.717, 1.165) is 34.0 Å². The highest BCUT2D eigenvalue weighted by atomic mass is 16.5. The van der Waals surface area contributed by atoms with Gasteiger partial charge in [-0.2, -0.15) is 9.61 Å². The Labute approximate surface area is 168 Å². The van der Waals surface area contributed by atoms with E-state index in [9.17, 15) is 4.79 Å². The minimum absolute atomic E-state index is 0.0569. The largest absolute Gasteiger partial charge is 0.483 e. The van der Waals surface area contributed by atoms with Crippen LogP contribution >= 0.6 is 0 Å². The summed E-state index contributed by atoms with van der Waals surface area (Å²) < 4.78 is 7.37. The molecule has 146 valence electrons. The maximum absolute atomic E-state index is 12.3. The molecule has 0 spiro atoms. The molecule has 7 heteroatoms. The molecule has 0 aliphatic heterocycles. The molecular formula is C22H21N5O2. The van der Waals surface area contributed by atoms with Gasteiger partial charge in [-0.25, -0.2) is 0 Å². The van der Waals surface area contributed by atoms with Crippen molar-refractivity contribution in [2.45, 2.75) is 20.8 Å². The van der Waals surface area contributed by atoms with Crippen LogP contribution in [0.25, 0.3) is 16.9 Å². The van der Waals surface area contributed by atoms with Crippen LogP contribution in [0.5, 0.6) is 5.75 Å². The lowest BCUT2D eigenvalue weighted by Crippen LogP contribution is -2.20. The van der Waals surface area contributed by atoms with Crippen LogP contribution < -0.4 is 10.1 Å². The number of aromatic nitrogens is 4. The predicted octanol–water partition coefficient (Wildman–Crippen LogP) is 3.73. The average molecular weight is 387 g/mol. The number of hydrogen-bond donors (Lipinski definition) is 1. The lowest BCUT2D eigenvalue weighted by atomic mass is 10.1. The Morgan fingerprint density at radius 1 is 1.03 bits per heavy atom. The topological polar surface area (TPSA) is 81.4 Å². The predicted molar refractivity (Wildman–Crippen MR) is 111 cm³/mol. The van der Waals surface area contributed by atoms with Gasteiger partial charge in [0.1, 0.15) is 5.75 Å². The van der Waals surface area contributed by atoms with E-state index < -0.39 is 0 Å². The fourth-order valence-corrected chi connectivity index (χ4v) is 3.01. The number of benzene rings is 2. The van der Waals surface area contributed by atoms with Gasteiger partial charge in [0.15, 0.2) is 18.1 Å². The molecule has 0 unspecified atom stereocenters. The van der Waals surface area contributed by atoms with Gasteiger partial charge in [0.2, 0.25) is 0 Å². The highest BCUT2D eigenvalue weighted by Gasteiger charge is 2.09. The first kappa shape index (κ1) is 18.6. The van der Waals surface area contributed by atoms with Crippen LogP contribution in [-0.4, -0.2) is 32.3 Å². The summed E-state index contributed by atoms with van der Waals surface area (Å²) in [6.07, 6.45) is 0. The molecule has 1 amide bonds. The first-order valence-electron chi connectivity index (χ1n) is 9.29. The molecule has 2 aromatic carbocycles. The minimum Gasteiger partial charge on any atom is -0.483 e. The van der Waals surface area contributed by atoms with E-state index in [-0.39, 0.29) is 12.5 Å². The molecular weight excluding hydrogens is 366 g/mol. The minimum atomic E-state index is -0.221. The van der Waals surface area contributed by atoms with Crippen molar-refractivity contribution >= 4 is 17.2 Å². The Morgan fingerprint density at radius 2 is 1.90 bits per heavy atom. The van der Waals surface area contributed by atoms with Gasteiger partial charge in [0.25, 0.3) is 5.91 Å². The molecule has 1 N–H and O–H groups in total. The van der Waals surface area contributed by atoms with Gasteiger partial charge < -0.3 is 10.1 Å². The van der Waals surface area contributed by atoms with Crippen molar-refractivity contribution in [1.82, 2.24) is 19.8 Å². The molecule has 0 saturated heterocycles. The van der Waals surface area contributed by atoms with Gasteiger partial charge in [-0.05, 0) is 62.2 Å². The van der Waals surface area contributed by atoms with Crippen LogP contribution in [0.1, 0.15) is 17.0 Å². The summed E-state index contributed by atoms with van der Waals surface area (Å²) in [6.45, 7) is 5.74. The second kappa shape index (κ2) is 7.71. The zero-order valence-corrected chi connectivity index (χ0v) is 16.5. The van der Waals surface area contributed by atoms with Gasteiger partial charge >= 0.3 is 0 Å². The number of ether oxygens (including phenoxy) is 1. The second-order valence-corrected chi connectivity index (χ2v) is 6.92. The van der Waals surface area contributed by atoms with Crippen LogP contribution in [0.3, 0.4) is 0 Å². The zero-order chi connectivity index (χ0) is 20.4. The van der Waals surface area contributed by atoms with Gasteiger partial charge in [-0.15, -0.1) is 10.2 Å². The lowest BCUT2D eigenvalue weighted by Gasteiger charge is -2.11. The zero-order valence-electron chi connectivity index (χ0n) is 16.5. The summed E-state index contributed by atoms with van der Waals surface area (Å²) in [5.74, 6) is 1.21. The SMILES string of the molecule is Cc1ccc(C)c(OCC(=O)Nc2cccc(-c3ccc4nnc(C)n4n3)c2)c1. The van der Waals surface area contributed by atoms with Crippen molar-refractivity contribution in [3.05, 3.63) is 71.5 Å². The van der Waals surface area contributed by atoms with Crippen molar-refractivity contribution in [3.8, 4) is 17.0 Å². The molecule has 7 nitrogen and oxygen atoms in total. The van der Waals surface area contributed by atoms with Crippen LogP contribution in [0.2, 0.25) is 0 Å². The smallest absolute Gasteiger partial charge is 0.262 e. The van der Waals surface area contributed by atoms with Crippen LogP contribution in [0.15, 0.2) is 54.6 Å². The quantitative estimate of drug-likeness (QED) is 0.564. The fraction of sp³-hybridized carbons (Fsp3) is 0.182. The first-order valence-corrected chi connectivity index (χ1v) is 9.29. The molecule has 0 radical (unpaired) electrons. The molecule has 0 bridgehead atoms. The van der Waals surface area contributed by atoms with E-state index in [4.69, 9.17) is 4.74 Å². The molecule has 0 aliphatic carbocycles. The maximum Gasteiger partial charge on any atom is 0.262 e. The van der Waals surface area contributed by atoms with Crippen LogP contribution in [0.4, 0.5) is 5.69 Å². The fourth-order valence-electron chi connectivity index (χ4n) is 3.01. The number of fused-ring (bicyclic) bond motifs is 1. The average Bonchev–Trinajstić information content (AvgIpc) is 3.09. The highest BCUT2D eigenvalue weighted by molar-refractivity contribution is 5.92. The number of rotatable bonds is 5. The van der Waals surface area contributed by atoms with Crippen molar-refractivity contribution in [2.24, 2.45) is 0 Å². The summed E-state index contributed by atoms with van der Waals surface area (Å²) in [5.41, 5.74) is 5.11. The van der Waals surface area contributed by atoms with Gasteiger partial charge in [0.05, 0.1) is 5.69 Å². The number of amides is 1. The summed E-state index contributed by atoms with van der Waals surface area (Å²) in [4.78, 5) is 12.3. The lowest BCUT2D eigenvalue weighted by molar-refractivity contribution is -0.118. The van der Waals surface area contributed by atoms with Gasteiger partial charge in [-0.1, -0.05) is 24.3 Å². The summed E-state index contributed by atoms with van der Waals surface area (Å²) >= 11 is 0. The molecule has 0 fully saturated rings. The van der Waals surface area contributed by atoms with Crippen LogP contribution in [-0.2, 0) is 4.79 Å². The van der Waals surface area contributed by atoms with Crippen molar-refractivity contribution in [3.63, 3.8) is 0 Å². The van der Waals surface area contributed by atoms with E-state index >= 15 is 0 Å². The molecule has 4 rings (SSSR count). The Kier molecular flexibility index (Phi) is 4.95. The third-order valence-corrected chi connectivity index (χ3v) is 4.56. The molecule has 29 heavy (non-hydrogen) atoms. The number of carbonyl (C=O) groups is 1. The monoisotopic (exact) mass is 387 g/mol. The Bertz CT molecular complexity index is 1200. The van der Waals surface area contributed by atoms with E-state index in [1.807, 2.05) is 75.4 Å². The normalized spacial score (nSPS) is 10.9. The standard InChI is InChI=1S/C22H21N5O2/c1-14-7-8-15(2)20(11-14)29-13-22(28)23-18-6-4-5-17(12-18)19-9-10-21-25-24-16(3)27(21)26-19/h4-12H,13H2,1-3H3,(H,23,28). The summed E-state index contributed by atoms with van der Waals surface area (Å²) in [7, 11) is 0. The molecule has 2 aromatic heterocycles. The third kappa shape index (κ3) is 4.08. The van der Waals surface area contributed by atoms with Gasteiger partial charge in [0, 0.05) is 11.3 Å². The van der Waals surface area contributed by atoms with Gasteiger partial charge in [-0.3, -0.25) is 4.79 Å². The maximum atomic E-state index is 12.3. The highest BCUT2D eigenvalue weighted by Crippen LogP contribution is 2.22. The number of hydrogen-bond acceptors (Lipinski definition) is 5. The second-order valence-electron chi connectivity index (χ2n) is 6.92. The van der Waals surface area contributed by atoms with Crippen molar-refractivity contribution in [1.29, 1.82) is 0 Å². The third-order valence-electron chi connectivity index (χ3n) is 4.56. The van der Waals surface area contributed by atoms with Crippen LogP contribution in [0, 0.1) is 20.8 Å². The number of anilines is 1. The summed E-state index contributed by atoms with van der Waals surface area (Å²) in [5, 5.41) is 15.5. The molecule has 0 saturated carbocycles. The van der Waals surface area contributed by atoms with Crippen molar-refractivity contribution in [2.75, 3.05) is 11.9 Å². The summed E-state index contributed by atoms with van der Waals surface area (Å²) in [6, 6.07) is 17.2. The molecule has 4 aromatic rings. The first-order chi connectivity index (χ1) is 14.0. The number of nitrogens with one attached hydrogen (secondary N) is 1. The molecule has 0 aliphatic rings.